The minimum absolute atomic E-state index is 0.158. The van der Waals surface area contributed by atoms with Crippen molar-refractivity contribution in [3.05, 3.63) is 0 Å². The van der Waals surface area contributed by atoms with Crippen LogP contribution in [0.5, 0.6) is 0 Å². The Morgan fingerprint density at radius 2 is 1.42 bits per heavy atom. The number of hydrogen-bond acceptors (Lipinski definition) is 1. The van der Waals surface area contributed by atoms with Gasteiger partial charge < -0.3 is 5.11 Å². The zero-order chi connectivity index (χ0) is 9.72. The van der Waals surface area contributed by atoms with E-state index in [1.54, 1.807) is 0 Å². The molecule has 0 aromatic carbocycles. The van der Waals surface area contributed by atoms with E-state index in [9.17, 15) is 5.11 Å². The highest BCUT2D eigenvalue weighted by Gasteiger charge is 2.25. The molecule has 2 atom stereocenters. The van der Waals surface area contributed by atoms with Crippen LogP contribution in [0.15, 0.2) is 0 Å². The fourth-order valence-corrected chi connectivity index (χ4v) is 2.33. The van der Waals surface area contributed by atoms with Crippen molar-refractivity contribution in [3.8, 4) is 0 Å². The first-order chi connectivity index (χ1) is 5.54. The van der Waals surface area contributed by atoms with Crippen LogP contribution in [0.2, 0.25) is 0 Å². The van der Waals surface area contributed by atoms with E-state index in [1.165, 1.54) is 12.8 Å². The maximum atomic E-state index is 9.62. The van der Waals surface area contributed by atoms with Crippen molar-refractivity contribution in [1.29, 1.82) is 0 Å². The van der Waals surface area contributed by atoms with E-state index in [2.05, 4.69) is 27.7 Å². The summed E-state index contributed by atoms with van der Waals surface area (Å²) in [7, 11) is 0. The molecule has 0 aliphatic rings. The highest BCUT2D eigenvalue weighted by Crippen LogP contribution is 2.29. The summed E-state index contributed by atoms with van der Waals surface area (Å²) >= 11 is 0. The fraction of sp³-hybridized carbons (Fsp3) is 1.00. The molecule has 0 amide bonds. The van der Waals surface area contributed by atoms with E-state index < -0.39 is 0 Å². The van der Waals surface area contributed by atoms with Crippen LogP contribution in [0.25, 0.3) is 0 Å². The van der Waals surface area contributed by atoms with Gasteiger partial charge in [0.1, 0.15) is 0 Å². The van der Waals surface area contributed by atoms with Crippen LogP contribution >= 0.6 is 0 Å². The van der Waals surface area contributed by atoms with Crippen LogP contribution in [0.4, 0.5) is 0 Å². The third-order valence-corrected chi connectivity index (χ3v) is 2.92. The Morgan fingerprint density at radius 3 is 1.50 bits per heavy atom. The Hall–Kier alpha value is -0.0400. The van der Waals surface area contributed by atoms with Crippen LogP contribution in [0, 0.1) is 17.8 Å². The molecule has 0 saturated heterocycles. The zero-order valence-electron chi connectivity index (χ0n) is 9.17. The Morgan fingerprint density at radius 1 is 1.00 bits per heavy atom. The molecule has 74 valence electrons. The summed E-state index contributed by atoms with van der Waals surface area (Å²) in [6, 6.07) is 0. The van der Waals surface area contributed by atoms with Gasteiger partial charge in [0.15, 0.2) is 0 Å². The molecule has 0 aliphatic carbocycles. The summed E-state index contributed by atoms with van der Waals surface area (Å²) in [5.74, 6) is 1.75. The molecule has 0 saturated carbocycles. The van der Waals surface area contributed by atoms with Gasteiger partial charge in [0.25, 0.3) is 0 Å². The first kappa shape index (κ1) is 12.0. The minimum atomic E-state index is -0.158. The number of aliphatic hydroxyl groups excluding tert-OH is 1. The maximum Gasteiger partial charge on any atom is 0.0545 e. The lowest BCUT2D eigenvalue weighted by Gasteiger charge is -2.31. The Balaban J connectivity index is 4.26. The lowest BCUT2D eigenvalue weighted by molar-refractivity contribution is 0.0539. The van der Waals surface area contributed by atoms with E-state index in [-0.39, 0.29) is 6.10 Å². The summed E-state index contributed by atoms with van der Waals surface area (Å²) in [6.45, 7) is 10.8. The lowest BCUT2D eigenvalue weighted by atomic mass is 9.77. The number of rotatable bonds is 5. The lowest BCUT2D eigenvalue weighted by Crippen LogP contribution is -2.29. The van der Waals surface area contributed by atoms with Crippen molar-refractivity contribution < 1.29 is 5.11 Å². The van der Waals surface area contributed by atoms with Crippen molar-refractivity contribution in [1.82, 2.24) is 0 Å². The van der Waals surface area contributed by atoms with E-state index >= 15 is 0 Å². The molecule has 0 spiro atoms. The molecule has 0 rings (SSSR count). The highest BCUT2D eigenvalue weighted by atomic mass is 16.3. The second kappa shape index (κ2) is 5.58. The van der Waals surface area contributed by atoms with Gasteiger partial charge in [-0.1, -0.05) is 40.5 Å². The average molecular weight is 172 g/mol. The van der Waals surface area contributed by atoms with E-state index in [0.29, 0.717) is 17.8 Å². The Bertz CT molecular complexity index is 95.6. The SMILES string of the molecule is CCC(CC)C(C(C)C)C(C)O. The molecular formula is C11H24O. The molecule has 1 nitrogen and oxygen atoms in total. The van der Waals surface area contributed by atoms with Crippen LogP contribution in [-0.4, -0.2) is 11.2 Å². The summed E-state index contributed by atoms with van der Waals surface area (Å²) < 4.78 is 0. The quantitative estimate of drug-likeness (QED) is 0.675. The van der Waals surface area contributed by atoms with Crippen LogP contribution in [0.1, 0.15) is 47.5 Å². The summed E-state index contributed by atoms with van der Waals surface area (Å²) in [4.78, 5) is 0. The van der Waals surface area contributed by atoms with Crippen molar-refractivity contribution in [2.45, 2.75) is 53.6 Å². The molecule has 0 aliphatic heterocycles. The van der Waals surface area contributed by atoms with Gasteiger partial charge in [-0.25, -0.2) is 0 Å². The van der Waals surface area contributed by atoms with Crippen LogP contribution in [-0.2, 0) is 0 Å². The predicted octanol–water partition coefficient (Wildman–Crippen LogP) is 3.08. The molecule has 0 bridgehead atoms. The minimum Gasteiger partial charge on any atom is -0.393 e. The van der Waals surface area contributed by atoms with Gasteiger partial charge in [-0.2, -0.15) is 0 Å². The highest BCUT2D eigenvalue weighted by molar-refractivity contribution is 4.75. The molecule has 12 heavy (non-hydrogen) atoms. The first-order valence-corrected chi connectivity index (χ1v) is 5.22. The standard InChI is InChI=1S/C11H24O/c1-6-10(7-2)11(8(3)4)9(5)12/h8-12H,6-7H2,1-5H3. The first-order valence-electron chi connectivity index (χ1n) is 5.22. The molecule has 0 heterocycles. The van der Waals surface area contributed by atoms with Gasteiger partial charge >= 0.3 is 0 Å². The third-order valence-electron chi connectivity index (χ3n) is 2.92. The van der Waals surface area contributed by atoms with Crippen molar-refractivity contribution in [2.24, 2.45) is 17.8 Å². The molecule has 1 heteroatoms. The van der Waals surface area contributed by atoms with E-state index in [1.807, 2.05) is 6.92 Å². The third kappa shape index (κ3) is 3.14. The van der Waals surface area contributed by atoms with Gasteiger partial charge in [-0.3, -0.25) is 0 Å². The van der Waals surface area contributed by atoms with Gasteiger partial charge in [0.2, 0.25) is 0 Å². The molecular weight excluding hydrogens is 148 g/mol. The zero-order valence-corrected chi connectivity index (χ0v) is 9.17. The van der Waals surface area contributed by atoms with Crippen LogP contribution in [0.3, 0.4) is 0 Å². The topological polar surface area (TPSA) is 20.2 Å². The van der Waals surface area contributed by atoms with Gasteiger partial charge in [-0.15, -0.1) is 0 Å². The summed E-state index contributed by atoms with van der Waals surface area (Å²) in [6.07, 6.45) is 2.21. The van der Waals surface area contributed by atoms with Crippen LogP contribution < -0.4 is 0 Å². The summed E-state index contributed by atoms with van der Waals surface area (Å²) in [5, 5.41) is 9.62. The second-order valence-electron chi connectivity index (χ2n) is 4.14. The molecule has 2 unspecified atom stereocenters. The largest absolute Gasteiger partial charge is 0.393 e. The van der Waals surface area contributed by atoms with Crippen molar-refractivity contribution in [3.63, 3.8) is 0 Å². The number of hydrogen-bond donors (Lipinski definition) is 1. The molecule has 0 aromatic rings. The smallest absolute Gasteiger partial charge is 0.0545 e. The fourth-order valence-electron chi connectivity index (χ4n) is 2.33. The maximum absolute atomic E-state index is 9.62. The Kier molecular flexibility index (Phi) is 5.56. The van der Waals surface area contributed by atoms with Crippen molar-refractivity contribution in [2.75, 3.05) is 0 Å². The Labute approximate surface area is 77.2 Å². The van der Waals surface area contributed by atoms with E-state index in [4.69, 9.17) is 0 Å². The molecule has 1 N–H and O–H groups in total. The monoisotopic (exact) mass is 172 g/mol. The van der Waals surface area contributed by atoms with Gasteiger partial charge in [0, 0.05) is 0 Å². The predicted molar refractivity (Wildman–Crippen MR) is 54.1 cm³/mol. The molecule has 0 aromatic heterocycles. The summed E-state index contributed by atoms with van der Waals surface area (Å²) in [5.41, 5.74) is 0. The second-order valence-corrected chi connectivity index (χ2v) is 4.14. The van der Waals surface area contributed by atoms with Gasteiger partial charge in [0.05, 0.1) is 6.10 Å². The van der Waals surface area contributed by atoms with Crippen molar-refractivity contribution >= 4 is 0 Å². The van der Waals surface area contributed by atoms with Gasteiger partial charge in [-0.05, 0) is 24.7 Å². The number of aliphatic hydroxyl groups is 1. The molecule has 0 fully saturated rings. The van der Waals surface area contributed by atoms with E-state index in [0.717, 1.165) is 0 Å². The molecule has 0 radical (unpaired) electrons. The average Bonchev–Trinajstić information content (AvgIpc) is 1.98. The normalized spacial score (nSPS) is 17.0.